The normalized spacial score (nSPS) is 20.3. The summed E-state index contributed by atoms with van der Waals surface area (Å²) in [7, 11) is 0. The van der Waals surface area contributed by atoms with Gasteiger partial charge in [-0.05, 0) is 12.8 Å². The van der Waals surface area contributed by atoms with E-state index in [2.05, 4.69) is 13.8 Å². The summed E-state index contributed by atoms with van der Waals surface area (Å²) in [4.78, 5) is 12.7. The van der Waals surface area contributed by atoms with Gasteiger partial charge in [-0.2, -0.15) is 0 Å². The van der Waals surface area contributed by atoms with Gasteiger partial charge in [0.25, 0.3) is 0 Å². The molecular formula is C48H94O9. The Morgan fingerprint density at radius 1 is 0.491 bits per heavy atom. The van der Waals surface area contributed by atoms with Crippen molar-refractivity contribution in [1.82, 2.24) is 0 Å². The first-order chi connectivity index (χ1) is 27.9. The van der Waals surface area contributed by atoms with Gasteiger partial charge in [0.05, 0.1) is 19.8 Å². The number of rotatable bonds is 43. The van der Waals surface area contributed by atoms with Crippen LogP contribution in [0.1, 0.15) is 239 Å². The van der Waals surface area contributed by atoms with Crippen LogP contribution in [0.25, 0.3) is 0 Å². The number of ether oxygens (including phenoxy) is 4. The van der Waals surface area contributed by atoms with Crippen LogP contribution in [0.15, 0.2) is 0 Å². The van der Waals surface area contributed by atoms with Crippen LogP contribution in [0.5, 0.6) is 0 Å². The van der Waals surface area contributed by atoms with Crippen molar-refractivity contribution in [3.8, 4) is 0 Å². The molecule has 1 aliphatic rings. The maximum Gasteiger partial charge on any atom is 0.306 e. The molecule has 0 bridgehead atoms. The molecule has 9 heteroatoms. The highest BCUT2D eigenvalue weighted by Crippen LogP contribution is 2.23. The molecule has 6 unspecified atom stereocenters. The minimum absolute atomic E-state index is 0.105. The zero-order valence-electron chi connectivity index (χ0n) is 37.4. The molecule has 1 aliphatic heterocycles. The molecule has 0 aliphatic carbocycles. The zero-order chi connectivity index (χ0) is 41.4. The number of esters is 1. The van der Waals surface area contributed by atoms with E-state index in [4.69, 9.17) is 18.9 Å². The Bertz CT molecular complexity index is 843. The number of aliphatic hydroxyl groups excluding tert-OH is 4. The third-order valence-electron chi connectivity index (χ3n) is 11.8. The molecule has 0 aromatic rings. The summed E-state index contributed by atoms with van der Waals surface area (Å²) in [5, 5.41) is 40.1. The highest BCUT2D eigenvalue weighted by molar-refractivity contribution is 5.69. The number of carbonyl (C=O) groups excluding carboxylic acids is 1. The summed E-state index contributed by atoms with van der Waals surface area (Å²) in [5.74, 6) is -0.311. The smallest absolute Gasteiger partial charge is 0.306 e. The Hall–Kier alpha value is -0.810. The number of carbonyl (C=O) groups is 1. The number of hydrogen-bond acceptors (Lipinski definition) is 9. The molecule has 0 radical (unpaired) electrons. The van der Waals surface area contributed by atoms with Crippen LogP contribution in [0.2, 0.25) is 0 Å². The van der Waals surface area contributed by atoms with E-state index in [1.165, 1.54) is 186 Å². The predicted molar refractivity (Wildman–Crippen MR) is 233 cm³/mol. The molecule has 9 nitrogen and oxygen atoms in total. The second-order valence-electron chi connectivity index (χ2n) is 17.3. The van der Waals surface area contributed by atoms with Gasteiger partial charge in [-0.15, -0.1) is 0 Å². The highest BCUT2D eigenvalue weighted by Gasteiger charge is 2.44. The van der Waals surface area contributed by atoms with Crippen molar-refractivity contribution in [2.45, 2.75) is 275 Å². The van der Waals surface area contributed by atoms with E-state index in [9.17, 15) is 25.2 Å². The van der Waals surface area contributed by atoms with Gasteiger partial charge in [-0.3, -0.25) is 4.79 Å². The lowest BCUT2D eigenvalue weighted by molar-refractivity contribution is -0.305. The Morgan fingerprint density at radius 2 is 0.860 bits per heavy atom. The van der Waals surface area contributed by atoms with E-state index in [1.807, 2.05) is 0 Å². The summed E-state index contributed by atoms with van der Waals surface area (Å²) in [6.07, 6.45) is 37.3. The molecule has 0 saturated carbocycles. The monoisotopic (exact) mass is 815 g/mol. The van der Waals surface area contributed by atoms with Gasteiger partial charge in [-0.25, -0.2) is 0 Å². The summed E-state index contributed by atoms with van der Waals surface area (Å²) in [5.41, 5.74) is 0. The second-order valence-corrected chi connectivity index (χ2v) is 17.3. The van der Waals surface area contributed by atoms with Crippen molar-refractivity contribution in [3.63, 3.8) is 0 Å². The molecular weight excluding hydrogens is 721 g/mol. The van der Waals surface area contributed by atoms with Crippen LogP contribution < -0.4 is 0 Å². The van der Waals surface area contributed by atoms with E-state index >= 15 is 0 Å². The number of aliphatic hydroxyl groups is 4. The fraction of sp³-hybridized carbons (Fsp3) is 0.979. The molecule has 1 heterocycles. The van der Waals surface area contributed by atoms with Crippen LogP contribution in [-0.4, -0.2) is 89.6 Å². The summed E-state index contributed by atoms with van der Waals surface area (Å²) < 4.78 is 22.8. The van der Waals surface area contributed by atoms with Crippen LogP contribution in [-0.2, 0) is 23.7 Å². The molecule has 0 spiro atoms. The average molecular weight is 815 g/mol. The quantitative estimate of drug-likeness (QED) is 0.0350. The molecule has 1 fully saturated rings. The maximum absolute atomic E-state index is 12.7. The van der Waals surface area contributed by atoms with Gasteiger partial charge in [0, 0.05) is 13.0 Å². The fourth-order valence-corrected chi connectivity index (χ4v) is 7.91. The van der Waals surface area contributed by atoms with Crippen LogP contribution in [0.4, 0.5) is 0 Å². The number of hydrogen-bond donors (Lipinski definition) is 4. The lowest BCUT2D eigenvalue weighted by atomic mass is 9.99. The second kappa shape index (κ2) is 40.6. The van der Waals surface area contributed by atoms with Crippen molar-refractivity contribution in [1.29, 1.82) is 0 Å². The third-order valence-corrected chi connectivity index (χ3v) is 11.8. The summed E-state index contributed by atoms with van der Waals surface area (Å²) >= 11 is 0. The lowest BCUT2D eigenvalue weighted by Crippen LogP contribution is -2.59. The Kier molecular flexibility index (Phi) is 38.6. The molecule has 0 amide bonds. The van der Waals surface area contributed by atoms with Gasteiger partial charge < -0.3 is 39.4 Å². The molecule has 1 saturated heterocycles. The Balaban J connectivity index is 2.09. The van der Waals surface area contributed by atoms with Gasteiger partial charge in [-0.1, -0.05) is 219 Å². The largest absolute Gasteiger partial charge is 0.457 e. The van der Waals surface area contributed by atoms with E-state index in [0.29, 0.717) is 13.0 Å². The fourth-order valence-electron chi connectivity index (χ4n) is 7.91. The topological polar surface area (TPSA) is 135 Å². The highest BCUT2D eigenvalue weighted by atomic mass is 16.7. The van der Waals surface area contributed by atoms with Crippen molar-refractivity contribution in [3.05, 3.63) is 0 Å². The van der Waals surface area contributed by atoms with Gasteiger partial charge in [0.15, 0.2) is 6.29 Å². The van der Waals surface area contributed by atoms with Crippen LogP contribution in [0.3, 0.4) is 0 Å². The van der Waals surface area contributed by atoms with E-state index < -0.39 is 43.4 Å². The molecule has 0 aromatic heterocycles. The van der Waals surface area contributed by atoms with Crippen molar-refractivity contribution < 1.29 is 44.2 Å². The van der Waals surface area contributed by atoms with Crippen LogP contribution in [0, 0.1) is 0 Å². The summed E-state index contributed by atoms with van der Waals surface area (Å²) in [6, 6.07) is 0. The van der Waals surface area contributed by atoms with E-state index in [1.54, 1.807) is 0 Å². The van der Waals surface area contributed by atoms with Gasteiger partial charge in [0.2, 0.25) is 0 Å². The first-order valence-electron chi connectivity index (χ1n) is 24.6. The first kappa shape index (κ1) is 54.2. The van der Waals surface area contributed by atoms with E-state index in [0.717, 1.165) is 32.1 Å². The first-order valence-corrected chi connectivity index (χ1v) is 24.6. The van der Waals surface area contributed by atoms with Crippen molar-refractivity contribution in [2.24, 2.45) is 0 Å². The predicted octanol–water partition coefficient (Wildman–Crippen LogP) is 11.4. The minimum Gasteiger partial charge on any atom is -0.457 e. The average Bonchev–Trinajstić information content (AvgIpc) is 3.21. The maximum atomic E-state index is 12.7. The van der Waals surface area contributed by atoms with Crippen molar-refractivity contribution >= 4 is 5.97 Å². The molecule has 1 rings (SSSR count). The molecule has 57 heavy (non-hydrogen) atoms. The minimum atomic E-state index is -1.53. The summed E-state index contributed by atoms with van der Waals surface area (Å²) in [6.45, 7) is 4.59. The molecule has 6 atom stereocenters. The van der Waals surface area contributed by atoms with Gasteiger partial charge >= 0.3 is 5.97 Å². The molecule has 0 aromatic carbocycles. The Labute approximate surface area is 351 Å². The van der Waals surface area contributed by atoms with Crippen LogP contribution >= 0.6 is 0 Å². The Morgan fingerprint density at radius 3 is 1.25 bits per heavy atom. The zero-order valence-corrected chi connectivity index (χ0v) is 37.4. The van der Waals surface area contributed by atoms with E-state index in [-0.39, 0.29) is 19.2 Å². The molecule has 340 valence electrons. The third kappa shape index (κ3) is 31.7. The van der Waals surface area contributed by atoms with Gasteiger partial charge in [0.1, 0.15) is 30.5 Å². The standard InChI is InChI=1S/C48H94O9/c1-3-5-7-9-11-13-14-15-16-17-18-19-20-21-22-23-24-25-26-27-28-30-32-34-36-38-54-40-42(41-55-48-47(53)46(52)45(51)43(39-49)57-48)56-44(50)37-35-33-31-29-12-10-8-6-4-2/h42-43,45-49,51-53H,3-41H2,1-2H3. The lowest BCUT2D eigenvalue weighted by Gasteiger charge is -2.39. The molecule has 4 N–H and O–H groups in total. The number of unbranched alkanes of at least 4 members (excludes halogenated alkanes) is 32. The van der Waals surface area contributed by atoms with Crippen molar-refractivity contribution in [2.75, 3.05) is 26.4 Å². The SMILES string of the molecule is CCCCCCCCCCCCCCCCCCCCCCCCCCCOCC(COC1OC(CO)C(O)C(O)C1O)OC(=O)CCCCCCCCCCC.